The lowest BCUT2D eigenvalue weighted by molar-refractivity contribution is -0.896. The van der Waals surface area contributed by atoms with Crippen molar-refractivity contribution in [3.63, 3.8) is 0 Å². The molecule has 0 spiro atoms. The molecule has 1 aliphatic rings. The molecule has 1 fully saturated rings. The molecule has 29 heavy (non-hydrogen) atoms. The Morgan fingerprint density at radius 1 is 1.03 bits per heavy atom. The predicted octanol–water partition coefficient (Wildman–Crippen LogP) is 0.515. The maximum Gasteiger partial charge on any atom is 0.277 e. The number of amides is 1. The summed E-state index contributed by atoms with van der Waals surface area (Å²) in [5.41, 5.74) is 1.65. The van der Waals surface area contributed by atoms with E-state index in [0.717, 1.165) is 16.0 Å². The summed E-state index contributed by atoms with van der Waals surface area (Å²) in [5, 5.41) is 0. The molecule has 1 N–H and O–H groups in total. The minimum Gasteiger partial charge on any atom is -0.337 e. The van der Waals surface area contributed by atoms with Crippen molar-refractivity contribution in [1.82, 2.24) is 9.21 Å². The number of carbonyl (C=O) groups is 1. The van der Waals surface area contributed by atoms with E-state index in [1.54, 1.807) is 24.1 Å². The van der Waals surface area contributed by atoms with Gasteiger partial charge < -0.3 is 9.80 Å². The average Bonchev–Trinajstić information content (AvgIpc) is 2.70. The molecule has 3 rings (SSSR count). The molecule has 2 aromatic rings. The largest absolute Gasteiger partial charge is 0.337 e. The van der Waals surface area contributed by atoms with E-state index >= 15 is 0 Å². The molecule has 0 aromatic heterocycles. The summed E-state index contributed by atoms with van der Waals surface area (Å²) in [4.78, 5) is 15.2. The number of rotatable bonds is 7. The summed E-state index contributed by atoms with van der Waals surface area (Å²) in [6, 6.07) is 15.3. The highest BCUT2D eigenvalue weighted by Crippen LogP contribution is 2.11. The molecular formula is C21H27FN3O3S+. The molecule has 0 saturated carbocycles. The second-order valence-electron chi connectivity index (χ2n) is 7.44. The second-order valence-corrected chi connectivity index (χ2v) is 9.41. The summed E-state index contributed by atoms with van der Waals surface area (Å²) in [5.74, 6) is -0.306. The Hall–Kier alpha value is -2.29. The summed E-state index contributed by atoms with van der Waals surface area (Å²) < 4.78 is 39.8. The Morgan fingerprint density at radius 3 is 2.28 bits per heavy atom. The minimum atomic E-state index is -3.35. The first-order chi connectivity index (χ1) is 13.8. The van der Waals surface area contributed by atoms with Crippen molar-refractivity contribution in [2.24, 2.45) is 0 Å². The number of piperazine rings is 1. The average molecular weight is 421 g/mol. The Labute approximate surface area is 171 Å². The molecule has 1 aliphatic heterocycles. The van der Waals surface area contributed by atoms with Crippen LogP contribution in [0.4, 0.5) is 4.39 Å². The number of hydrogen-bond acceptors (Lipinski definition) is 3. The Kier molecular flexibility index (Phi) is 7.00. The Morgan fingerprint density at radius 2 is 1.66 bits per heavy atom. The molecular weight excluding hydrogens is 393 g/mol. The molecule has 0 atom stereocenters. The number of hydrogen-bond donors (Lipinski definition) is 1. The lowest BCUT2D eigenvalue weighted by Crippen LogP contribution is -3.15. The molecule has 1 heterocycles. The first-order valence-electron chi connectivity index (χ1n) is 9.67. The van der Waals surface area contributed by atoms with Gasteiger partial charge in [-0.25, -0.2) is 12.8 Å². The van der Waals surface area contributed by atoms with E-state index in [2.05, 4.69) is 0 Å². The van der Waals surface area contributed by atoms with E-state index in [9.17, 15) is 17.6 Å². The highest BCUT2D eigenvalue weighted by Gasteiger charge is 2.30. The van der Waals surface area contributed by atoms with Crippen molar-refractivity contribution in [2.75, 3.05) is 39.8 Å². The summed E-state index contributed by atoms with van der Waals surface area (Å²) in [7, 11) is -1.63. The minimum absolute atomic E-state index is 0.00249. The summed E-state index contributed by atoms with van der Waals surface area (Å²) in [6.07, 6.45) is 0. The zero-order valence-corrected chi connectivity index (χ0v) is 17.4. The molecule has 1 amide bonds. The normalized spacial score (nSPS) is 15.9. The van der Waals surface area contributed by atoms with Crippen LogP contribution in [0.2, 0.25) is 0 Å². The third-order valence-corrected chi connectivity index (χ3v) is 7.02. The van der Waals surface area contributed by atoms with Gasteiger partial charge in [-0.3, -0.25) is 4.79 Å². The number of carbonyl (C=O) groups excluding carboxylic acids is 1. The number of nitrogens with zero attached hydrogens (tertiary/aromatic N) is 2. The third-order valence-electron chi connectivity index (χ3n) is 5.17. The number of halogens is 1. The van der Waals surface area contributed by atoms with E-state index in [1.165, 1.54) is 16.4 Å². The van der Waals surface area contributed by atoms with Crippen molar-refractivity contribution in [1.29, 1.82) is 0 Å². The molecule has 2 aromatic carbocycles. The van der Waals surface area contributed by atoms with Gasteiger partial charge in [0, 0.05) is 13.6 Å². The first-order valence-corrected chi connectivity index (χ1v) is 11.3. The second kappa shape index (κ2) is 9.47. The first kappa shape index (κ1) is 21.4. The van der Waals surface area contributed by atoms with Crippen LogP contribution in [0.25, 0.3) is 0 Å². The van der Waals surface area contributed by atoms with Crippen molar-refractivity contribution < 1.29 is 22.5 Å². The topological polar surface area (TPSA) is 62.1 Å². The molecule has 0 aliphatic carbocycles. The van der Waals surface area contributed by atoms with Crippen LogP contribution in [0.3, 0.4) is 0 Å². The van der Waals surface area contributed by atoms with Crippen LogP contribution in [-0.2, 0) is 27.1 Å². The van der Waals surface area contributed by atoms with Gasteiger partial charge >= 0.3 is 0 Å². The van der Waals surface area contributed by atoms with E-state index < -0.39 is 10.0 Å². The van der Waals surface area contributed by atoms with Gasteiger partial charge in [0.1, 0.15) is 5.82 Å². The van der Waals surface area contributed by atoms with Crippen molar-refractivity contribution in [2.45, 2.75) is 12.3 Å². The standard InChI is InChI=1S/C21H26FN3O3S/c1-23(15-18-7-9-20(22)10-8-18)21(26)16-24-11-13-25(14-12-24)29(27,28)17-19-5-3-2-4-6-19/h2-10H,11-17H2,1H3/p+1. The zero-order valence-electron chi connectivity index (χ0n) is 16.6. The monoisotopic (exact) mass is 420 g/mol. The Bertz CT molecular complexity index is 912. The predicted molar refractivity (Wildman–Crippen MR) is 109 cm³/mol. The van der Waals surface area contributed by atoms with Gasteiger partial charge in [0.15, 0.2) is 6.54 Å². The number of likely N-dealkylation sites (N-methyl/N-ethyl adjacent to an activating group) is 1. The smallest absolute Gasteiger partial charge is 0.277 e. The van der Waals surface area contributed by atoms with Gasteiger partial charge in [0.2, 0.25) is 10.0 Å². The van der Waals surface area contributed by atoms with E-state index in [0.29, 0.717) is 39.3 Å². The van der Waals surface area contributed by atoms with Gasteiger partial charge in [-0.1, -0.05) is 42.5 Å². The van der Waals surface area contributed by atoms with Crippen molar-refractivity contribution in [3.8, 4) is 0 Å². The van der Waals surface area contributed by atoms with Crippen LogP contribution in [0.15, 0.2) is 54.6 Å². The van der Waals surface area contributed by atoms with Crippen molar-refractivity contribution >= 4 is 15.9 Å². The lowest BCUT2D eigenvalue weighted by atomic mass is 10.2. The maximum atomic E-state index is 13.0. The SMILES string of the molecule is CN(Cc1ccc(F)cc1)C(=O)C[NH+]1CCN(S(=O)(=O)Cc2ccccc2)CC1. The van der Waals surface area contributed by atoms with Gasteiger partial charge in [-0.2, -0.15) is 4.31 Å². The quantitative estimate of drug-likeness (QED) is 0.710. The van der Waals surface area contributed by atoms with Crippen molar-refractivity contribution in [3.05, 3.63) is 71.5 Å². The van der Waals surface area contributed by atoms with E-state index in [-0.39, 0.29) is 17.5 Å². The fourth-order valence-electron chi connectivity index (χ4n) is 3.43. The van der Waals surface area contributed by atoms with Gasteiger partial charge in [0.25, 0.3) is 5.91 Å². The maximum absolute atomic E-state index is 13.0. The molecule has 0 radical (unpaired) electrons. The molecule has 156 valence electrons. The van der Waals surface area contributed by atoms with Gasteiger partial charge in [0.05, 0.1) is 31.9 Å². The number of sulfonamides is 1. The molecule has 0 unspecified atom stereocenters. The van der Waals surface area contributed by atoms with E-state index in [4.69, 9.17) is 0 Å². The highest BCUT2D eigenvalue weighted by molar-refractivity contribution is 7.88. The number of benzene rings is 2. The highest BCUT2D eigenvalue weighted by atomic mass is 32.2. The summed E-state index contributed by atoms with van der Waals surface area (Å²) >= 11 is 0. The number of nitrogens with one attached hydrogen (secondary N) is 1. The van der Waals surface area contributed by atoms with Crippen LogP contribution in [0.5, 0.6) is 0 Å². The summed E-state index contributed by atoms with van der Waals surface area (Å²) in [6.45, 7) is 2.78. The third kappa shape index (κ3) is 6.09. The molecule has 6 nitrogen and oxygen atoms in total. The van der Waals surface area contributed by atoms with Crippen LogP contribution in [0, 0.1) is 5.82 Å². The zero-order chi connectivity index (χ0) is 20.9. The van der Waals surface area contributed by atoms with Crippen LogP contribution in [0.1, 0.15) is 11.1 Å². The van der Waals surface area contributed by atoms with E-state index in [1.807, 2.05) is 30.3 Å². The van der Waals surface area contributed by atoms with Gasteiger partial charge in [-0.05, 0) is 23.3 Å². The lowest BCUT2D eigenvalue weighted by Gasteiger charge is -2.32. The van der Waals surface area contributed by atoms with Crippen LogP contribution < -0.4 is 4.90 Å². The number of quaternary nitrogens is 1. The molecule has 1 saturated heterocycles. The Balaban J connectivity index is 1.47. The van der Waals surface area contributed by atoms with Crippen LogP contribution in [-0.4, -0.2) is 63.3 Å². The van der Waals surface area contributed by atoms with Gasteiger partial charge in [-0.15, -0.1) is 0 Å². The fourth-order valence-corrected chi connectivity index (χ4v) is 4.97. The molecule has 0 bridgehead atoms. The fraction of sp³-hybridized carbons (Fsp3) is 0.381. The van der Waals surface area contributed by atoms with Crippen LogP contribution >= 0.6 is 0 Å². The molecule has 8 heteroatoms.